The fraction of sp³-hybridized carbons (Fsp3) is 0.462. The van der Waals surface area contributed by atoms with E-state index >= 15 is 0 Å². The highest BCUT2D eigenvalue weighted by Gasteiger charge is 2.13. The second-order valence-corrected chi connectivity index (χ2v) is 4.78. The zero-order valence-corrected chi connectivity index (χ0v) is 11.5. The molecule has 0 aliphatic rings. The van der Waals surface area contributed by atoms with E-state index in [1.165, 1.54) is 0 Å². The number of halogens is 1. The molecule has 0 aliphatic heterocycles. The SMILES string of the molecule is CCC(CC(N)=NO)NC(C)c1ccc(Cl)cc1. The van der Waals surface area contributed by atoms with E-state index in [2.05, 4.69) is 24.3 Å². The molecule has 100 valence electrons. The lowest BCUT2D eigenvalue weighted by molar-refractivity contribution is 0.315. The predicted octanol–water partition coefficient (Wildman–Crippen LogP) is 2.91. The van der Waals surface area contributed by atoms with Crippen molar-refractivity contribution in [3.05, 3.63) is 34.9 Å². The molecule has 0 spiro atoms. The van der Waals surface area contributed by atoms with Gasteiger partial charge in [-0.25, -0.2) is 0 Å². The van der Waals surface area contributed by atoms with E-state index in [0.717, 1.165) is 17.0 Å². The Bertz CT molecular complexity index is 392. The third-order valence-corrected chi connectivity index (χ3v) is 3.18. The minimum absolute atomic E-state index is 0.187. The Hall–Kier alpha value is -1.26. The van der Waals surface area contributed by atoms with Crippen molar-refractivity contribution in [2.45, 2.75) is 38.8 Å². The Balaban J connectivity index is 2.61. The van der Waals surface area contributed by atoms with Crippen LogP contribution >= 0.6 is 11.6 Å². The molecule has 4 nitrogen and oxygen atoms in total. The summed E-state index contributed by atoms with van der Waals surface area (Å²) in [6, 6.07) is 8.12. The van der Waals surface area contributed by atoms with Crippen LogP contribution in [0.3, 0.4) is 0 Å². The van der Waals surface area contributed by atoms with E-state index in [0.29, 0.717) is 6.42 Å². The highest BCUT2D eigenvalue weighted by atomic mass is 35.5. The molecule has 0 aliphatic carbocycles. The van der Waals surface area contributed by atoms with Gasteiger partial charge < -0.3 is 16.3 Å². The van der Waals surface area contributed by atoms with Crippen molar-refractivity contribution in [2.75, 3.05) is 0 Å². The molecule has 0 radical (unpaired) electrons. The van der Waals surface area contributed by atoms with Gasteiger partial charge in [-0.3, -0.25) is 0 Å². The van der Waals surface area contributed by atoms with Crippen molar-refractivity contribution in [3.8, 4) is 0 Å². The Kier molecular flexibility index (Phi) is 5.95. The molecule has 1 aromatic carbocycles. The van der Waals surface area contributed by atoms with Gasteiger partial charge in [0.1, 0.15) is 5.84 Å². The minimum Gasteiger partial charge on any atom is -0.409 e. The summed E-state index contributed by atoms with van der Waals surface area (Å²) in [6.07, 6.45) is 1.44. The molecule has 0 heterocycles. The van der Waals surface area contributed by atoms with Crippen molar-refractivity contribution in [1.82, 2.24) is 5.32 Å². The number of rotatable bonds is 6. The van der Waals surface area contributed by atoms with Crippen molar-refractivity contribution < 1.29 is 5.21 Å². The standard InChI is InChI=1S/C13H20ClN3O/c1-3-12(8-13(15)17-18)16-9(2)10-4-6-11(14)7-5-10/h4-7,9,12,16,18H,3,8H2,1-2H3,(H2,15,17). The van der Waals surface area contributed by atoms with E-state index in [9.17, 15) is 0 Å². The first-order valence-corrected chi connectivity index (χ1v) is 6.42. The lowest BCUT2D eigenvalue weighted by atomic mass is 10.0. The van der Waals surface area contributed by atoms with Gasteiger partial charge in [-0.2, -0.15) is 0 Å². The summed E-state index contributed by atoms with van der Waals surface area (Å²) in [6.45, 7) is 4.15. The number of hydrogen-bond acceptors (Lipinski definition) is 3. The van der Waals surface area contributed by atoms with Gasteiger partial charge in [0.2, 0.25) is 0 Å². The minimum atomic E-state index is 0.187. The summed E-state index contributed by atoms with van der Waals surface area (Å²) in [5.41, 5.74) is 6.69. The normalized spacial score (nSPS) is 15.4. The molecule has 0 saturated heterocycles. The monoisotopic (exact) mass is 269 g/mol. The Labute approximate surface area is 113 Å². The molecule has 2 atom stereocenters. The zero-order valence-electron chi connectivity index (χ0n) is 10.7. The second kappa shape index (κ2) is 7.24. The van der Waals surface area contributed by atoms with Gasteiger partial charge in [0.25, 0.3) is 0 Å². The van der Waals surface area contributed by atoms with Gasteiger partial charge in [0, 0.05) is 23.5 Å². The molecule has 18 heavy (non-hydrogen) atoms. The predicted molar refractivity (Wildman–Crippen MR) is 75.1 cm³/mol. The van der Waals surface area contributed by atoms with Gasteiger partial charge in [0.05, 0.1) is 0 Å². The summed E-state index contributed by atoms with van der Waals surface area (Å²) in [5.74, 6) is 0.248. The molecule has 2 unspecified atom stereocenters. The zero-order chi connectivity index (χ0) is 13.5. The van der Waals surface area contributed by atoms with E-state index in [-0.39, 0.29) is 17.9 Å². The van der Waals surface area contributed by atoms with Crippen molar-refractivity contribution in [3.63, 3.8) is 0 Å². The average molecular weight is 270 g/mol. The topological polar surface area (TPSA) is 70.6 Å². The number of nitrogens with one attached hydrogen (secondary N) is 1. The maximum absolute atomic E-state index is 8.58. The molecule has 0 aromatic heterocycles. The first-order chi connectivity index (χ1) is 8.56. The lowest BCUT2D eigenvalue weighted by Gasteiger charge is -2.22. The Morgan fingerprint density at radius 2 is 2.06 bits per heavy atom. The maximum atomic E-state index is 8.58. The van der Waals surface area contributed by atoms with Crippen LogP contribution < -0.4 is 11.1 Å². The summed E-state index contributed by atoms with van der Waals surface area (Å²) in [7, 11) is 0. The van der Waals surface area contributed by atoms with Gasteiger partial charge in [-0.1, -0.05) is 35.8 Å². The molecule has 0 amide bonds. The number of oxime groups is 1. The smallest absolute Gasteiger partial charge is 0.140 e. The number of benzene rings is 1. The molecule has 4 N–H and O–H groups in total. The lowest BCUT2D eigenvalue weighted by Crippen LogP contribution is -2.34. The van der Waals surface area contributed by atoms with Crippen LogP contribution in [0.5, 0.6) is 0 Å². The summed E-state index contributed by atoms with van der Waals surface area (Å²) in [4.78, 5) is 0. The second-order valence-electron chi connectivity index (χ2n) is 4.34. The molecule has 1 rings (SSSR count). The Morgan fingerprint density at radius 3 is 2.56 bits per heavy atom. The van der Waals surface area contributed by atoms with Crippen LogP contribution in [0.25, 0.3) is 0 Å². The summed E-state index contributed by atoms with van der Waals surface area (Å²) in [5, 5.41) is 15.8. The summed E-state index contributed by atoms with van der Waals surface area (Å²) < 4.78 is 0. The fourth-order valence-electron chi connectivity index (χ4n) is 1.82. The van der Waals surface area contributed by atoms with Crippen molar-refractivity contribution in [2.24, 2.45) is 10.9 Å². The molecule has 1 aromatic rings. The van der Waals surface area contributed by atoms with Crippen LogP contribution in [0.4, 0.5) is 0 Å². The Morgan fingerprint density at radius 1 is 1.44 bits per heavy atom. The molecule has 0 saturated carbocycles. The van der Waals surface area contributed by atoms with Gasteiger partial charge in [-0.15, -0.1) is 0 Å². The first kappa shape index (κ1) is 14.8. The average Bonchev–Trinajstić information content (AvgIpc) is 2.38. The highest BCUT2D eigenvalue weighted by Crippen LogP contribution is 2.17. The van der Waals surface area contributed by atoms with Crippen molar-refractivity contribution >= 4 is 17.4 Å². The molecule has 0 bridgehead atoms. The van der Waals surface area contributed by atoms with Gasteiger partial charge in [-0.05, 0) is 31.0 Å². The molecular weight excluding hydrogens is 250 g/mol. The molecule has 5 heteroatoms. The number of nitrogens with zero attached hydrogens (tertiary/aromatic N) is 1. The van der Waals surface area contributed by atoms with Crippen LogP contribution in [0.2, 0.25) is 5.02 Å². The maximum Gasteiger partial charge on any atom is 0.140 e. The first-order valence-electron chi connectivity index (χ1n) is 6.04. The third kappa shape index (κ3) is 4.55. The van der Waals surface area contributed by atoms with Crippen LogP contribution in [-0.2, 0) is 0 Å². The van der Waals surface area contributed by atoms with Gasteiger partial charge in [0.15, 0.2) is 0 Å². The van der Waals surface area contributed by atoms with Gasteiger partial charge >= 0.3 is 0 Å². The van der Waals surface area contributed by atoms with Crippen LogP contribution in [0.1, 0.15) is 38.3 Å². The summed E-state index contributed by atoms with van der Waals surface area (Å²) >= 11 is 5.86. The van der Waals surface area contributed by atoms with Crippen LogP contribution in [0.15, 0.2) is 29.4 Å². The molecule has 0 fully saturated rings. The largest absolute Gasteiger partial charge is 0.409 e. The quantitative estimate of drug-likeness (QED) is 0.322. The van der Waals surface area contributed by atoms with Crippen molar-refractivity contribution in [1.29, 1.82) is 0 Å². The van der Waals surface area contributed by atoms with Crippen LogP contribution in [-0.4, -0.2) is 17.1 Å². The number of hydrogen-bond donors (Lipinski definition) is 3. The third-order valence-electron chi connectivity index (χ3n) is 2.93. The fourth-order valence-corrected chi connectivity index (χ4v) is 1.94. The van der Waals surface area contributed by atoms with E-state index in [1.54, 1.807) is 0 Å². The number of amidine groups is 1. The van der Waals surface area contributed by atoms with E-state index in [1.807, 2.05) is 24.3 Å². The van der Waals surface area contributed by atoms with Crippen LogP contribution in [0, 0.1) is 0 Å². The molecular formula is C13H20ClN3O. The van der Waals surface area contributed by atoms with E-state index in [4.69, 9.17) is 22.5 Å². The van der Waals surface area contributed by atoms with E-state index < -0.39 is 0 Å². The highest BCUT2D eigenvalue weighted by molar-refractivity contribution is 6.30. The number of nitrogens with two attached hydrogens (primary N) is 1.